The van der Waals surface area contributed by atoms with Crippen molar-refractivity contribution in [2.45, 2.75) is 18.4 Å². The van der Waals surface area contributed by atoms with Crippen LogP contribution in [-0.4, -0.2) is 39.7 Å². The summed E-state index contributed by atoms with van der Waals surface area (Å²) in [6.07, 6.45) is -0.664. The SMILES string of the molecule is O=C(N[C@@H](Cc1ccccc1)C(=O)On1c(O)ccc1O)OCC1c2ccccc2-c2ccccc21. The van der Waals surface area contributed by atoms with Gasteiger partial charge in [0.2, 0.25) is 11.8 Å². The molecule has 5 rings (SSSR count). The minimum atomic E-state index is -1.13. The Morgan fingerprint density at radius 2 is 1.36 bits per heavy atom. The Kier molecular flexibility index (Phi) is 6.32. The minimum Gasteiger partial charge on any atom is -0.492 e. The molecule has 0 saturated carbocycles. The lowest BCUT2D eigenvalue weighted by atomic mass is 9.98. The summed E-state index contributed by atoms with van der Waals surface area (Å²) in [7, 11) is 0. The fourth-order valence-corrected chi connectivity index (χ4v) is 4.47. The molecule has 0 aliphatic heterocycles. The molecule has 0 bridgehead atoms. The number of amides is 1. The van der Waals surface area contributed by atoms with Crippen LogP contribution in [0.1, 0.15) is 22.6 Å². The highest BCUT2D eigenvalue weighted by Crippen LogP contribution is 2.44. The van der Waals surface area contributed by atoms with Crippen molar-refractivity contribution in [3.63, 3.8) is 0 Å². The van der Waals surface area contributed by atoms with Gasteiger partial charge in [-0.25, -0.2) is 9.59 Å². The van der Waals surface area contributed by atoms with Crippen LogP contribution in [0, 0.1) is 0 Å². The highest BCUT2D eigenvalue weighted by Gasteiger charge is 2.30. The molecule has 8 nitrogen and oxygen atoms in total. The predicted octanol–water partition coefficient (Wildman–Crippen LogP) is 4.00. The number of carbonyl (C=O) groups excluding carboxylic acids is 2. The Morgan fingerprint density at radius 1 is 0.806 bits per heavy atom. The summed E-state index contributed by atoms with van der Waals surface area (Å²) in [5, 5.41) is 22.2. The molecular formula is C28H24N2O6. The normalized spacial score (nSPS) is 12.9. The minimum absolute atomic E-state index is 0.0894. The summed E-state index contributed by atoms with van der Waals surface area (Å²) in [5.74, 6) is -1.92. The molecule has 0 unspecified atom stereocenters. The van der Waals surface area contributed by atoms with Crippen LogP contribution in [0.3, 0.4) is 0 Å². The maximum atomic E-state index is 12.9. The number of nitrogens with zero attached hydrogens (tertiary/aromatic N) is 1. The van der Waals surface area contributed by atoms with E-state index in [1.807, 2.05) is 78.9 Å². The maximum absolute atomic E-state index is 12.9. The fraction of sp³-hybridized carbons (Fsp3) is 0.143. The summed E-state index contributed by atoms with van der Waals surface area (Å²) in [6, 6.07) is 26.3. The number of alkyl carbamates (subject to hydrolysis) is 1. The second kappa shape index (κ2) is 9.87. The van der Waals surface area contributed by atoms with E-state index in [1.165, 1.54) is 12.1 Å². The Morgan fingerprint density at radius 3 is 1.97 bits per heavy atom. The Labute approximate surface area is 207 Å². The van der Waals surface area contributed by atoms with Gasteiger partial charge in [0.15, 0.2) is 0 Å². The largest absolute Gasteiger partial charge is 0.492 e. The Balaban J connectivity index is 1.30. The monoisotopic (exact) mass is 484 g/mol. The first-order valence-electron chi connectivity index (χ1n) is 11.5. The number of hydrogen-bond acceptors (Lipinski definition) is 6. The van der Waals surface area contributed by atoms with Gasteiger partial charge >= 0.3 is 12.1 Å². The number of carbonyl (C=O) groups is 2. The average Bonchev–Trinajstić information content (AvgIpc) is 3.39. The van der Waals surface area contributed by atoms with Crippen LogP contribution in [0.15, 0.2) is 91.0 Å². The van der Waals surface area contributed by atoms with Crippen LogP contribution in [0.25, 0.3) is 11.1 Å². The van der Waals surface area contributed by atoms with Crippen molar-refractivity contribution in [3.8, 4) is 22.9 Å². The lowest BCUT2D eigenvalue weighted by Gasteiger charge is -2.19. The summed E-state index contributed by atoms with van der Waals surface area (Å²) >= 11 is 0. The predicted molar refractivity (Wildman–Crippen MR) is 131 cm³/mol. The summed E-state index contributed by atoms with van der Waals surface area (Å²) in [6.45, 7) is 0.0894. The number of rotatable bonds is 7. The van der Waals surface area contributed by atoms with Crippen molar-refractivity contribution in [3.05, 3.63) is 108 Å². The average molecular weight is 485 g/mol. The van der Waals surface area contributed by atoms with Gasteiger partial charge in [-0.1, -0.05) is 78.9 Å². The van der Waals surface area contributed by atoms with Crippen molar-refractivity contribution in [1.29, 1.82) is 0 Å². The third-order valence-corrected chi connectivity index (χ3v) is 6.18. The lowest BCUT2D eigenvalue weighted by molar-refractivity contribution is -0.147. The Hall–Kier alpha value is -4.72. The van der Waals surface area contributed by atoms with Crippen LogP contribution < -0.4 is 10.2 Å². The standard InChI is InChI=1S/C28H24N2O6/c31-25-14-15-26(32)30(25)36-27(33)24(16-18-8-2-1-3-9-18)29-28(34)35-17-23-21-12-6-4-10-19(21)20-11-5-7-13-22(20)23/h1-15,23-24,31-32H,16-17H2,(H,29,34)/t24-/m0/s1. The topological polar surface area (TPSA) is 110 Å². The molecule has 182 valence electrons. The highest BCUT2D eigenvalue weighted by atomic mass is 16.7. The number of hydrogen-bond donors (Lipinski definition) is 3. The molecule has 0 fully saturated rings. The quantitative estimate of drug-likeness (QED) is 0.366. The zero-order valence-electron chi connectivity index (χ0n) is 19.2. The molecule has 1 heterocycles. The van der Waals surface area contributed by atoms with Crippen LogP contribution in [0.5, 0.6) is 11.8 Å². The number of nitrogens with one attached hydrogen (secondary N) is 1. The van der Waals surface area contributed by atoms with E-state index in [-0.39, 0.29) is 18.9 Å². The van der Waals surface area contributed by atoms with E-state index in [4.69, 9.17) is 9.57 Å². The molecule has 8 heteroatoms. The summed E-state index contributed by atoms with van der Waals surface area (Å²) < 4.78 is 6.16. The van der Waals surface area contributed by atoms with E-state index in [0.29, 0.717) is 4.73 Å². The van der Waals surface area contributed by atoms with E-state index in [9.17, 15) is 19.8 Å². The molecule has 1 aliphatic rings. The van der Waals surface area contributed by atoms with Gasteiger partial charge in [0, 0.05) is 24.5 Å². The van der Waals surface area contributed by atoms with Gasteiger partial charge in [-0.15, -0.1) is 4.73 Å². The molecule has 0 radical (unpaired) electrons. The van der Waals surface area contributed by atoms with Gasteiger partial charge in [-0.3, -0.25) is 0 Å². The molecular weight excluding hydrogens is 460 g/mol. The van der Waals surface area contributed by atoms with Crippen molar-refractivity contribution in [1.82, 2.24) is 10.0 Å². The van der Waals surface area contributed by atoms with E-state index < -0.39 is 29.9 Å². The van der Waals surface area contributed by atoms with Gasteiger partial charge in [0.25, 0.3) is 0 Å². The van der Waals surface area contributed by atoms with Crippen molar-refractivity contribution in [2.75, 3.05) is 6.61 Å². The van der Waals surface area contributed by atoms with Gasteiger partial charge in [-0.2, -0.15) is 0 Å². The molecule has 0 spiro atoms. The number of aromatic hydroxyl groups is 2. The van der Waals surface area contributed by atoms with Crippen LogP contribution in [-0.2, 0) is 16.0 Å². The molecule has 0 saturated heterocycles. The lowest BCUT2D eigenvalue weighted by Crippen LogP contribution is -2.46. The van der Waals surface area contributed by atoms with Gasteiger partial charge in [0.05, 0.1) is 0 Å². The van der Waals surface area contributed by atoms with Crippen molar-refractivity contribution < 1.29 is 29.4 Å². The Bertz CT molecular complexity index is 1330. The number of aromatic nitrogens is 1. The first-order valence-corrected chi connectivity index (χ1v) is 11.5. The highest BCUT2D eigenvalue weighted by molar-refractivity contribution is 5.82. The van der Waals surface area contributed by atoms with E-state index in [2.05, 4.69) is 5.32 Å². The van der Waals surface area contributed by atoms with Crippen molar-refractivity contribution >= 4 is 12.1 Å². The first kappa shape index (κ1) is 23.0. The molecule has 36 heavy (non-hydrogen) atoms. The summed E-state index contributed by atoms with van der Waals surface area (Å²) in [4.78, 5) is 30.9. The molecule has 1 atom stereocenters. The van der Waals surface area contributed by atoms with Gasteiger partial charge in [0.1, 0.15) is 12.6 Å². The second-order valence-electron chi connectivity index (χ2n) is 8.47. The third-order valence-electron chi connectivity index (χ3n) is 6.18. The number of ether oxygens (including phenoxy) is 1. The molecule has 1 aromatic heterocycles. The molecule has 3 aromatic carbocycles. The first-order chi connectivity index (χ1) is 17.5. The number of benzene rings is 3. The third kappa shape index (κ3) is 4.61. The van der Waals surface area contributed by atoms with Crippen LogP contribution in [0.4, 0.5) is 4.79 Å². The summed E-state index contributed by atoms with van der Waals surface area (Å²) in [5.41, 5.74) is 5.15. The van der Waals surface area contributed by atoms with E-state index in [0.717, 1.165) is 27.8 Å². The number of fused-ring (bicyclic) bond motifs is 3. The molecule has 1 aliphatic carbocycles. The second-order valence-corrected chi connectivity index (χ2v) is 8.47. The van der Waals surface area contributed by atoms with Crippen LogP contribution in [0.2, 0.25) is 0 Å². The maximum Gasteiger partial charge on any atom is 0.407 e. The molecule has 4 aromatic rings. The molecule has 3 N–H and O–H groups in total. The van der Waals surface area contributed by atoms with E-state index in [1.54, 1.807) is 0 Å². The van der Waals surface area contributed by atoms with Crippen LogP contribution >= 0.6 is 0 Å². The van der Waals surface area contributed by atoms with E-state index >= 15 is 0 Å². The van der Waals surface area contributed by atoms with Crippen molar-refractivity contribution in [2.24, 2.45) is 0 Å². The zero-order valence-corrected chi connectivity index (χ0v) is 19.2. The molecule has 1 amide bonds. The smallest absolute Gasteiger partial charge is 0.407 e. The van der Waals surface area contributed by atoms with Gasteiger partial charge < -0.3 is 25.1 Å². The fourth-order valence-electron chi connectivity index (χ4n) is 4.47. The zero-order chi connectivity index (χ0) is 25.1. The van der Waals surface area contributed by atoms with Gasteiger partial charge in [-0.05, 0) is 27.8 Å².